The van der Waals surface area contributed by atoms with Gasteiger partial charge in [0.05, 0.1) is 10.7 Å². The minimum atomic E-state index is -0.656. The van der Waals surface area contributed by atoms with Gasteiger partial charge in [-0.25, -0.2) is 9.18 Å². The molecule has 0 aliphatic carbocycles. The maximum Gasteiger partial charge on any atom is 0.319 e. The Kier molecular flexibility index (Phi) is 12.9. The van der Waals surface area contributed by atoms with E-state index in [1.807, 2.05) is 13.0 Å². The maximum atomic E-state index is 15.0. The number of carbonyl (C=O) groups is 2. The molecule has 0 atom stereocenters. The number of anilines is 2. The highest BCUT2D eigenvalue weighted by atomic mass is 35.5. The monoisotopic (exact) mass is 638 g/mol. The van der Waals surface area contributed by atoms with Gasteiger partial charge < -0.3 is 30.3 Å². The Morgan fingerprint density at radius 2 is 1.69 bits per heavy atom. The minimum absolute atomic E-state index is 0.0238. The molecule has 0 unspecified atom stereocenters. The van der Waals surface area contributed by atoms with Crippen molar-refractivity contribution >= 4 is 34.9 Å². The molecule has 4 rings (SSSR count). The van der Waals surface area contributed by atoms with Gasteiger partial charge in [-0.15, -0.1) is 0 Å². The molecule has 8 nitrogen and oxygen atoms in total. The molecule has 0 spiro atoms. The fraction of sp³-hybridized carbons (Fsp3) is 0.429. The number of likely N-dealkylation sites (tertiary alicyclic amines) is 1. The van der Waals surface area contributed by atoms with Gasteiger partial charge in [0.1, 0.15) is 29.2 Å². The SMILES string of the molecule is CCCCCNC(=O)Nc1ccc(Oc2ccc(NC(=O)c3ccc(OC4CCN(CCCC)CC4)c(C)c3)c(F)c2)c(Cl)c1. The Morgan fingerprint density at radius 3 is 2.38 bits per heavy atom. The molecular weight excluding hydrogens is 595 g/mol. The average Bonchev–Trinajstić information content (AvgIpc) is 3.02. The topological polar surface area (TPSA) is 91.9 Å². The highest BCUT2D eigenvalue weighted by Crippen LogP contribution is 2.33. The van der Waals surface area contributed by atoms with E-state index in [-0.39, 0.29) is 28.6 Å². The molecule has 1 aliphatic heterocycles. The number of urea groups is 1. The number of benzene rings is 3. The number of amides is 3. The first-order valence-corrected chi connectivity index (χ1v) is 16.3. The smallest absolute Gasteiger partial charge is 0.319 e. The molecule has 1 heterocycles. The molecule has 3 amide bonds. The summed E-state index contributed by atoms with van der Waals surface area (Å²) in [6.07, 6.45) is 7.59. The predicted molar refractivity (Wildman–Crippen MR) is 179 cm³/mol. The largest absolute Gasteiger partial charge is 0.490 e. The molecular formula is C35H44ClFN4O4. The summed E-state index contributed by atoms with van der Waals surface area (Å²) in [4.78, 5) is 27.5. The van der Waals surface area contributed by atoms with Crippen LogP contribution in [0.5, 0.6) is 17.2 Å². The van der Waals surface area contributed by atoms with E-state index in [2.05, 4.69) is 34.7 Å². The van der Waals surface area contributed by atoms with E-state index in [4.69, 9.17) is 21.1 Å². The van der Waals surface area contributed by atoms with Gasteiger partial charge in [0.25, 0.3) is 5.91 Å². The van der Waals surface area contributed by atoms with E-state index in [1.165, 1.54) is 25.0 Å². The van der Waals surface area contributed by atoms with Crippen LogP contribution in [0.25, 0.3) is 0 Å². The number of unbranched alkanes of at least 4 members (excludes halogenated alkanes) is 3. The van der Waals surface area contributed by atoms with Gasteiger partial charge in [-0.1, -0.05) is 44.7 Å². The molecule has 1 fully saturated rings. The van der Waals surface area contributed by atoms with Crippen LogP contribution in [0, 0.1) is 12.7 Å². The standard InChI is InChI=1S/C35H44ClFN4O4/c1-4-6-8-17-38-35(43)39-26-10-14-33(29(36)22-26)45-28-11-12-31(30(37)23-28)40-34(42)25-9-13-32(24(3)21-25)44-27-15-19-41(20-16-27)18-7-5-2/h9-14,21-23,27H,4-8,15-20H2,1-3H3,(H,40,42)(H2,38,39,43). The van der Waals surface area contributed by atoms with Gasteiger partial charge in [-0.3, -0.25) is 4.79 Å². The second kappa shape index (κ2) is 17.0. The molecule has 3 N–H and O–H groups in total. The van der Waals surface area contributed by atoms with Crippen molar-refractivity contribution in [3.05, 3.63) is 76.6 Å². The highest BCUT2D eigenvalue weighted by molar-refractivity contribution is 6.32. The zero-order valence-corrected chi connectivity index (χ0v) is 27.1. The lowest BCUT2D eigenvalue weighted by molar-refractivity contribution is 0.0991. The van der Waals surface area contributed by atoms with Gasteiger partial charge in [0.2, 0.25) is 0 Å². The third kappa shape index (κ3) is 10.4. The van der Waals surface area contributed by atoms with Crippen molar-refractivity contribution in [2.24, 2.45) is 0 Å². The van der Waals surface area contributed by atoms with Crippen molar-refractivity contribution in [2.45, 2.75) is 71.8 Å². The van der Waals surface area contributed by atoms with Gasteiger partial charge in [0.15, 0.2) is 0 Å². The zero-order chi connectivity index (χ0) is 32.2. The summed E-state index contributed by atoms with van der Waals surface area (Å²) in [5.41, 5.74) is 1.79. The number of aryl methyl sites for hydroxylation is 1. The van der Waals surface area contributed by atoms with Crippen LogP contribution in [0.15, 0.2) is 54.6 Å². The average molecular weight is 639 g/mol. The molecule has 0 saturated carbocycles. The number of carbonyl (C=O) groups excluding carboxylic acids is 2. The van der Waals surface area contributed by atoms with Gasteiger partial charge in [-0.2, -0.15) is 0 Å². The van der Waals surface area contributed by atoms with E-state index < -0.39 is 11.7 Å². The Morgan fingerprint density at radius 1 is 0.933 bits per heavy atom. The molecule has 10 heteroatoms. The summed E-state index contributed by atoms with van der Waals surface area (Å²) >= 11 is 6.36. The Bertz CT molecular complexity index is 1450. The van der Waals surface area contributed by atoms with Crippen LogP contribution in [-0.4, -0.2) is 49.1 Å². The summed E-state index contributed by atoms with van der Waals surface area (Å²) in [6, 6.07) is 13.9. The molecule has 1 aliphatic rings. The first kappa shape index (κ1) is 34.1. The van der Waals surface area contributed by atoms with Crippen LogP contribution in [0.4, 0.5) is 20.6 Å². The van der Waals surface area contributed by atoms with E-state index in [1.54, 1.807) is 36.4 Å². The molecule has 0 aromatic heterocycles. The van der Waals surface area contributed by atoms with Crippen LogP contribution in [-0.2, 0) is 0 Å². The van der Waals surface area contributed by atoms with E-state index in [9.17, 15) is 14.0 Å². The van der Waals surface area contributed by atoms with Crippen LogP contribution >= 0.6 is 11.6 Å². The molecule has 3 aromatic rings. The third-order valence-electron chi connectivity index (χ3n) is 7.77. The normalized spacial score (nSPS) is 13.7. The van der Waals surface area contributed by atoms with Crippen molar-refractivity contribution < 1.29 is 23.5 Å². The lowest BCUT2D eigenvalue weighted by Crippen LogP contribution is -2.38. The Balaban J connectivity index is 1.29. The highest BCUT2D eigenvalue weighted by Gasteiger charge is 2.21. The van der Waals surface area contributed by atoms with Gasteiger partial charge in [-0.05, 0) is 93.2 Å². The van der Waals surface area contributed by atoms with E-state index in [0.717, 1.165) is 63.1 Å². The first-order chi connectivity index (χ1) is 21.7. The summed E-state index contributed by atoms with van der Waals surface area (Å²) in [7, 11) is 0. The second-order valence-corrected chi connectivity index (χ2v) is 11.8. The lowest BCUT2D eigenvalue weighted by atomic mass is 10.1. The van der Waals surface area contributed by atoms with Crippen molar-refractivity contribution in [1.82, 2.24) is 10.2 Å². The van der Waals surface area contributed by atoms with Crippen molar-refractivity contribution in [3.63, 3.8) is 0 Å². The van der Waals surface area contributed by atoms with E-state index >= 15 is 0 Å². The van der Waals surface area contributed by atoms with Crippen LogP contribution in [0.1, 0.15) is 74.7 Å². The van der Waals surface area contributed by atoms with E-state index in [0.29, 0.717) is 23.5 Å². The Labute approximate surface area is 270 Å². The third-order valence-corrected chi connectivity index (χ3v) is 8.06. The maximum absolute atomic E-state index is 15.0. The first-order valence-electron chi connectivity index (χ1n) is 15.9. The fourth-order valence-electron chi connectivity index (χ4n) is 5.13. The Hall–Kier alpha value is -3.82. The van der Waals surface area contributed by atoms with Crippen LogP contribution in [0.3, 0.4) is 0 Å². The number of nitrogens with zero attached hydrogens (tertiary/aromatic N) is 1. The quantitative estimate of drug-likeness (QED) is 0.154. The summed E-state index contributed by atoms with van der Waals surface area (Å²) in [5, 5.41) is 8.41. The summed E-state index contributed by atoms with van der Waals surface area (Å²) < 4.78 is 27.0. The molecule has 45 heavy (non-hydrogen) atoms. The van der Waals surface area contributed by atoms with Gasteiger partial charge >= 0.3 is 6.03 Å². The van der Waals surface area contributed by atoms with Crippen molar-refractivity contribution in [1.29, 1.82) is 0 Å². The molecule has 1 saturated heterocycles. The van der Waals surface area contributed by atoms with Crippen LogP contribution < -0.4 is 25.4 Å². The number of piperidine rings is 1. The predicted octanol–water partition coefficient (Wildman–Crippen LogP) is 8.79. The second-order valence-electron chi connectivity index (χ2n) is 11.4. The summed E-state index contributed by atoms with van der Waals surface area (Å²) in [5.74, 6) is 0.176. The number of nitrogens with one attached hydrogen (secondary N) is 3. The minimum Gasteiger partial charge on any atom is -0.490 e. The molecule has 0 bridgehead atoms. The van der Waals surface area contributed by atoms with Gasteiger partial charge in [0, 0.05) is 37.0 Å². The van der Waals surface area contributed by atoms with Crippen molar-refractivity contribution in [3.8, 4) is 17.2 Å². The number of rotatable bonds is 14. The number of hydrogen-bond acceptors (Lipinski definition) is 5. The number of halogens is 2. The number of hydrogen-bond donors (Lipinski definition) is 3. The zero-order valence-electron chi connectivity index (χ0n) is 26.4. The van der Waals surface area contributed by atoms with Crippen molar-refractivity contribution in [2.75, 3.05) is 36.8 Å². The molecule has 0 radical (unpaired) electrons. The molecule has 242 valence electrons. The lowest BCUT2D eigenvalue weighted by Gasteiger charge is -2.32. The number of ether oxygens (including phenoxy) is 2. The molecule has 3 aromatic carbocycles. The van der Waals surface area contributed by atoms with Crippen LogP contribution in [0.2, 0.25) is 5.02 Å². The summed E-state index contributed by atoms with van der Waals surface area (Å²) in [6.45, 7) is 10.0. The fourth-order valence-corrected chi connectivity index (χ4v) is 5.35.